The van der Waals surface area contributed by atoms with Crippen LogP contribution < -0.4 is 24.0 Å². The molecule has 0 bridgehead atoms. The van der Waals surface area contributed by atoms with E-state index < -0.39 is 11.8 Å². The van der Waals surface area contributed by atoms with Gasteiger partial charge in [0, 0.05) is 6.54 Å². The molecule has 1 aromatic heterocycles. The van der Waals surface area contributed by atoms with Crippen LogP contribution in [0.3, 0.4) is 0 Å². The third kappa shape index (κ3) is 1.84. The summed E-state index contributed by atoms with van der Waals surface area (Å²) in [7, 11) is 0. The fraction of sp³-hybridized carbons (Fsp3) is 0.200. The zero-order chi connectivity index (χ0) is 11.0. The van der Waals surface area contributed by atoms with Crippen LogP contribution in [0.2, 0.25) is 0 Å². The second-order valence-corrected chi connectivity index (χ2v) is 3.07. The number of carboxylic acid groups (broad SMARTS) is 1. The van der Waals surface area contributed by atoms with Gasteiger partial charge in [-0.25, -0.2) is 9.37 Å². The van der Waals surface area contributed by atoms with Crippen molar-refractivity contribution < 1.29 is 33.2 Å². The van der Waals surface area contributed by atoms with Gasteiger partial charge >= 0.3 is 18.9 Å². The maximum Gasteiger partial charge on any atom is 1.00 e. The minimum Gasteiger partial charge on any atom is -0.542 e. The molecule has 0 radical (unpaired) electrons. The summed E-state index contributed by atoms with van der Waals surface area (Å²) < 4.78 is 14.7. The normalized spacial score (nSPS) is 10.1. The fourth-order valence-corrected chi connectivity index (χ4v) is 1.61. The van der Waals surface area contributed by atoms with E-state index in [4.69, 9.17) is 0 Å². The van der Waals surface area contributed by atoms with Crippen molar-refractivity contribution in [2.45, 2.75) is 13.5 Å². The molecule has 78 valence electrons. The smallest absolute Gasteiger partial charge is 0.542 e. The van der Waals surface area contributed by atoms with E-state index in [0.29, 0.717) is 12.1 Å². The van der Waals surface area contributed by atoms with Crippen molar-refractivity contribution in [3.8, 4) is 0 Å². The molecule has 16 heavy (non-hydrogen) atoms. The Morgan fingerprint density at radius 1 is 1.56 bits per heavy atom. The average molecular weight is 214 g/mol. The van der Waals surface area contributed by atoms with Crippen LogP contribution in [0.25, 0.3) is 11.0 Å². The van der Waals surface area contributed by atoms with Crippen LogP contribution in [-0.4, -0.2) is 15.5 Å². The number of hydrogen-bond acceptors (Lipinski definition) is 3. The van der Waals surface area contributed by atoms with Crippen LogP contribution in [0.5, 0.6) is 0 Å². The number of halogens is 1. The van der Waals surface area contributed by atoms with Crippen molar-refractivity contribution in [1.82, 2.24) is 9.55 Å². The molecule has 0 aliphatic carbocycles. The second-order valence-electron chi connectivity index (χ2n) is 3.07. The maximum absolute atomic E-state index is 13.4. The molecule has 0 N–H and O–H groups in total. The summed E-state index contributed by atoms with van der Waals surface area (Å²) in [5.74, 6) is -2.11. The second kappa shape index (κ2) is 4.68. The van der Waals surface area contributed by atoms with Gasteiger partial charge in [0.05, 0.1) is 5.52 Å². The first kappa shape index (κ1) is 12.8. The molecule has 0 aliphatic rings. The average Bonchev–Trinajstić information content (AvgIpc) is 2.57. The number of hydrogen-bond donors (Lipinski definition) is 0. The number of carbonyl (C=O) groups excluding carboxylic acids is 1. The molecular formula is C10H8FLiN2O2. The molecule has 0 fully saturated rings. The van der Waals surface area contributed by atoms with Gasteiger partial charge in [-0.3, -0.25) is 0 Å². The van der Waals surface area contributed by atoms with Crippen molar-refractivity contribution in [2.24, 2.45) is 0 Å². The van der Waals surface area contributed by atoms with Gasteiger partial charge in [-0.2, -0.15) is 0 Å². The molecule has 4 nitrogen and oxygen atoms in total. The molecular weight excluding hydrogens is 206 g/mol. The van der Waals surface area contributed by atoms with Crippen molar-refractivity contribution in [3.63, 3.8) is 0 Å². The quantitative estimate of drug-likeness (QED) is 0.522. The first-order valence-electron chi connectivity index (χ1n) is 4.51. The molecule has 0 amide bonds. The molecule has 0 saturated heterocycles. The first-order valence-corrected chi connectivity index (χ1v) is 4.51. The summed E-state index contributed by atoms with van der Waals surface area (Å²) in [5, 5.41) is 10.7. The Hall–Kier alpha value is -1.31. The molecule has 1 aromatic carbocycles. The van der Waals surface area contributed by atoms with E-state index in [1.165, 1.54) is 16.7 Å². The summed E-state index contributed by atoms with van der Waals surface area (Å²) in [6, 6.07) is 4.33. The van der Waals surface area contributed by atoms with E-state index in [1.807, 2.05) is 0 Å². The number of imidazole rings is 1. The van der Waals surface area contributed by atoms with Gasteiger partial charge in [0.25, 0.3) is 0 Å². The van der Waals surface area contributed by atoms with E-state index in [1.54, 1.807) is 13.0 Å². The Kier molecular flexibility index (Phi) is 3.73. The first-order chi connectivity index (χ1) is 7.15. The molecule has 2 rings (SSSR count). The minimum atomic E-state index is -1.40. The standard InChI is InChI=1S/C10H9FN2O2.Li/c1-2-13-8-6(11)4-3-5-7(8)12-9(13)10(14)15;/h3-5H,2H2,1H3,(H,14,15);/q;+1/p-1. The zero-order valence-electron chi connectivity index (χ0n) is 9.03. The summed E-state index contributed by atoms with van der Waals surface area (Å²) in [4.78, 5) is 14.5. The van der Waals surface area contributed by atoms with Gasteiger partial charge in [0.15, 0.2) is 5.82 Å². The number of benzene rings is 1. The number of carboxylic acids is 1. The predicted octanol–water partition coefficient (Wildman–Crippen LogP) is -2.44. The van der Waals surface area contributed by atoms with E-state index >= 15 is 0 Å². The van der Waals surface area contributed by atoms with Crippen LogP contribution in [0, 0.1) is 5.82 Å². The molecule has 0 unspecified atom stereocenters. The summed E-state index contributed by atoms with van der Waals surface area (Å²) >= 11 is 0. The van der Waals surface area contributed by atoms with Crippen molar-refractivity contribution in [2.75, 3.05) is 0 Å². The Labute approximate surface area is 103 Å². The largest absolute Gasteiger partial charge is 1.00 e. The maximum atomic E-state index is 13.4. The fourth-order valence-electron chi connectivity index (χ4n) is 1.61. The van der Waals surface area contributed by atoms with Crippen LogP contribution in [-0.2, 0) is 6.54 Å². The van der Waals surface area contributed by atoms with Crippen LogP contribution in [0.15, 0.2) is 18.2 Å². The van der Waals surface area contributed by atoms with Gasteiger partial charge in [-0.1, -0.05) is 6.07 Å². The number of nitrogens with zero attached hydrogens (tertiary/aromatic N) is 2. The molecule has 0 saturated carbocycles. The van der Waals surface area contributed by atoms with Crippen LogP contribution >= 0.6 is 0 Å². The number of aromatic nitrogens is 2. The third-order valence-corrected chi connectivity index (χ3v) is 2.22. The Balaban J connectivity index is 0.00000128. The summed E-state index contributed by atoms with van der Waals surface area (Å²) in [5.41, 5.74) is 0.537. The topological polar surface area (TPSA) is 58.0 Å². The van der Waals surface area contributed by atoms with E-state index in [9.17, 15) is 14.3 Å². The van der Waals surface area contributed by atoms with E-state index in [-0.39, 0.29) is 30.2 Å². The molecule has 1 heterocycles. The van der Waals surface area contributed by atoms with E-state index in [2.05, 4.69) is 4.98 Å². The van der Waals surface area contributed by atoms with Gasteiger partial charge in [-0.05, 0) is 19.1 Å². The van der Waals surface area contributed by atoms with Gasteiger partial charge in [0.2, 0.25) is 0 Å². The number of aryl methyl sites for hydroxylation is 1. The number of fused-ring (bicyclic) bond motifs is 1. The molecule has 0 aliphatic heterocycles. The number of rotatable bonds is 2. The zero-order valence-corrected chi connectivity index (χ0v) is 9.03. The van der Waals surface area contributed by atoms with Crippen molar-refractivity contribution in [3.05, 3.63) is 29.8 Å². The molecule has 0 spiro atoms. The number of para-hydroxylation sites is 1. The number of aromatic carboxylic acids is 1. The summed E-state index contributed by atoms with van der Waals surface area (Å²) in [6.07, 6.45) is 0. The molecule has 6 heteroatoms. The summed E-state index contributed by atoms with van der Waals surface area (Å²) in [6.45, 7) is 2.06. The van der Waals surface area contributed by atoms with E-state index in [0.717, 1.165) is 0 Å². The monoisotopic (exact) mass is 214 g/mol. The minimum absolute atomic E-state index is 0. The Morgan fingerprint density at radius 3 is 2.81 bits per heavy atom. The van der Waals surface area contributed by atoms with Gasteiger partial charge < -0.3 is 14.5 Å². The van der Waals surface area contributed by atoms with Gasteiger partial charge in [0.1, 0.15) is 17.3 Å². The molecule has 0 atom stereocenters. The SMILES string of the molecule is CCn1c(C(=O)[O-])nc2cccc(F)c21.[Li+]. The predicted molar refractivity (Wildman–Crippen MR) is 49.7 cm³/mol. The van der Waals surface area contributed by atoms with Crippen molar-refractivity contribution in [1.29, 1.82) is 0 Å². The Bertz CT molecular complexity index is 539. The van der Waals surface area contributed by atoms with Crippen LogP contribution in [0.4, 0.5) is 4.39 Å². The van der Waals surface area contributed by atoms with Gasteiger partial charge in [-0.15, -0.1) is 0 Å². The molecule has 2 aromatic rings. The third-order valence-electron chi connectivity index (χ3n) is 2.22. The number of carbonyl (C=O) groups is 1. The van der Waals surface area contributed by atoms with Crippen molar-refractivity contribution >= 4 is 17.0 Å². The Morgan fingerprint density at radius 2 is 2.25 bits per heavy atom. The van der Waals surface area contributed by atoms with Crippen LogP contribution in [0.1, 0.15) is 17.5 Å².